The molecule has 0 unspecified atom stereocenters. The van der Waals surface area contributed by atoms with E-state index in [0.717, 1.165) is 5.56 Å². The summed E-state index contributed by atoms with van der Waals surface area (Å²) in [7, 11) is 0. The second kappa shape index (κ2) is 5.24. The molecule has 100 valence electrons. The predicted molar refractivity (Wildman–Crippen MR) is 57.3 cm³/mol. The van der Waals surface area contributed by atoms with E-state index in [9.17, 15) is 17.6 Å². The topological polar surface area (TPSA) is 21.3 Å². The molecule has 0 spiro atoms. The first-order valence-electron chi connectivity index (χ1n) is 5.67. The highest BCUT2D eigenvalue weighted by Gasteiger charge is 2.35. The van der Waals surface area contributed by atoms with E-state index in [1.807, 2.05) is 0 Å². The monoisotopic (exact) mass is 263 g/mol. The maximum absolute atomic E-state index is 12.8. The van der Waals surface area contributed by atoms with Gasteiger partial charge in [0.15, 0.2) is 0 Å². The quantitative estimate of drug-likeness (QED) is 0.827. The van der Waals surface area contributed by atoms with Crippen molar-refractivity contribution >= 4 is 0 Å². The van der Waals surface area contributed by atoms with Crippen LogP contribution in [-0.4, -0.2) is 19.0 Å². The molecule has 1 saturated heterocycles. The molecule has 2 rings (SSSR count). The molecule has 2 atom stereocenters. The maximum Gasteiger partial charge on any atom is 0.522 e. The lowest BCUT2D eigenvalue weighted by Gasteiger charge is -2.31. The molecule has 0 amide bonds. The van der Waals surface area contributed by atoms with Crippen molar-refractivity contribution in [2.45, 2.75) is 31.3 Å². The summed E-state index contributed by atoms with van der Waals surface area (Å²) in [6.07, 6.45) is -4.90. The Hall–Kier alpha value is -1.14. The average Bonchev–Trinajstić information content (AvgIpc) is 2.28. The summed E-state index contributed by atoms with van der Waals surface area (Å²) in [5.74, 6) is -0.363. The second-order valence-corrected chi connectivity index (χ2v) is 4.27. The van der Waals surface area contributed by atoms with E-state index < -0.39 is 12.5 Å². The molecule has 0 saturated carbocycles. The zero-order valence-electron chi connectivity index (χ0n) is 9.51. The van der Waals surface area contributed by atoms with E-state index in [-0.39, 0.29) is 18.3 Å². The second-order valence-electron chi connectivity index (χ2n) is 4.27. The standard InChI is InChI=1S/C12H13F4NO/c13-9-3-1-8(2-4-9)11-7-10(5-6-17-11)18-12(14,15)16/h1-4,10-11,17H,5-7H2/t10-,11+/m0/s1. The Morgan fingerprint density at radius 2 is 1.83 bits per heavy atom. The molecule has 0 bridgehead atoms. The summed E-state index contributed by atoms with van der Waals surface area (Å²) in [5.41, 5.74) is 0.770. The van der Waals surface area contributed by atoms with Gasteiger partial charge in [-0.15, -0.1) is 13.2 Å². The fraction of sp³-hybridized carbons (Fsp3) is 0.500. The largest absolute Gasteiger partial charge is 0.522 e. The predicted octanol–water partition coefficient (Wildman–Crippen LogP) is 3.16. The van der Waals surface area contributed by atoms with Gasteiger partial charge < -0.3 is 5.32 Å². The molecule has 1 aromatic carbocycles. The fourth-order valence-electron chi connectivity index (χ4n) is 2.13. The van der Waals surface area contributed by atoms with Gasteiger partial charge in [-0.2, -0.15) is 0 Å². The van der Waals surface area contributed by atoms with Crippen molar-refractivity contribution in [2.24, 2.45) is 0 Å². The number of hydrogen-bond acceptors (Lipinski definition) is 2. The number of hydrogen-bond donors (Lipinski definition) is 1. The van der Waals surface area contributed by atoms with Crippen LogP contribution in [-0.2, 0) is 4.74 Å². The molecule has 1 aliphatic heterocycles. The molecule has 0 radical (unpaired) electrons. The zero-order valence-corrected chi connectivity index (χ0v) is 9.51. The van der Waals surface area contributed by atoms with Crippen molar-refractivity contribution in [3.8, 4) is 0 Å². The summed E-state index contributed by atoms with van der Waals surface area (Å²) < 4.78 is 53.2. The first-order valence-corrected chi connectivity index (χ1v) is 5.67. The highest BCUT2D eigenvalue weighted by Crippen LogP contribution is 2.29. The first kappa shape index (κ1) is 13.3. The number of benzene rings is 1. The molecule has 0 aromatic heterocycles. The Morgan fingerprint density at radius 3 is 2.44 bits per heavy atom. The van der Waals surface area contributed by atoms with Crippen LogP contribution in [0.3, 0.4) is 0 Å². The van der Waals surface area contributed by atoms with Crippen LogP contribution < -0.4 is 5.32 Å². The van der Waals surface area contributed by atoms with E-state index in [1.54, 1.807) is 12.1 Å². The third kappa shape index (κ3) is 3.68. The summed E-state index contributed by atoms with van der Waals surface area (Å²) in [4.78, 5) is 0. The van der Waals surface area contributed by atoms with E-state index >= 15 is 0 Å². The Balaban J connectivity index is 2.00. The highest BCUT2D eigenvalue weighted by atomic mass is 19.4. The lowest BCUT2D eigenvalue weighted by Crippen LogP contribution is -2.38. The van der Waals surface area contributed by atoms with Crippen LogP contribution in [0.1, 0.15) is 24.4 Å². The minimum absolute atomic E-state index is 0.227. The smallest absolute Gasteiger partial charge is 0.310 e. The SMILES string of the molecule is Fc1ccc([C@H]2C[C@@H](OC(F)(F)F)CCN2)cc1. The van der Waals surface area contributed by atoms with Gasteiger partial charge in [0.25, 0.3) is 0 Å². The van der Waals surface area contributed by atoms with Crippen molar-refractivity contribution in [1.29, 1.82) is 0 Å². The van der Waals surface area contributed by atoms with E-state index in [1.165, 1.54) is 12.1 Å². The van der Waals surface area contributed by atoms with Crippen LogP contribution in [0.4, 0.5) is 17.6 Å². The third-order valence-corrected chi connectivity index (χ3v) is 2.93. The van der Waals surface area contributed by atoms with Gasteiger partial charge in [0, 0.05) is 6.04 Å². The molecular weight excluding hydrogens is 250 g/mol. The number of nitrogens with one attached hydrogen (secondary N) is 1. The molecule has 1 heterocycles. The minimum atomic E-state index is -4.60. The Morgan fingerprint density at radius 1 is 1.17 bits per heavy atom. The van der Waals surface area contributed by atoms with Crippen molar-refractivity contribution in [3.05, 3.63) is 35.6 Å². The van der Waals surface area contributed by atoms with Crippen LogP contribution in [0, 0.1) is 5.82 Å². The average molecular weight is 263 g/mol. The van der Waals surface area contributed by atoms with Gasteiger partial charge in [-0.1, -0.05) is 12.1 Å². The number of halogens is 4. The molecule has 1 fully saturated rings. The zero-order chi connectivity index (χ0) is 13.2. The molecule has 1 N–H and O–H groups in total. The van der Waals surface area contributed by atoms with Crippen LogP contribution in [0.25, 0.3) is 0 Å². The molecule has 0 aliphatic carbocycles. The first-order chi connectivity index (χ1) is 8.44. The lowest BCUT2D eigenvalue weighted by atomic mass is 9.95. The summed E-state index contributed by atoms with van der Waals surface area (Å²) in [5, 5.41) is 3.10. The van der Waals surface area contributed by atoms with Crippen molar-refractivity contribution < 1.29 is 22.3 Å². The summed E-state index contributed by atoms with van der Waals surface area (Å²) >= 11 is 0. The van der Waals surface area contributed by atoms with Crippen LogP contribution in [0.5, 0.6) is 0 Å². The Labute approximate surface area is 102 Å². The molecular formula is C12H13F4NO. The number of rotatable bonds is 2. The van der Waals surface area contributed by atoms with Gasteiger partial charge in [-0.05, 0) is 37.1 Å². The van der Waals surface area contributed by atoms with Crippen LogP contribution >= 0.6 is 0 Å². The number of piperidine rings is 1. The number of alkyl halides is 3. The van der Waals surface area contributed by atoms with Gasteiger partial charge in [-0.25, -0.2) is 4.39 Å². The van der Waals surface area contributed by atoms with Gasteiger partial charge in [-0.3, -0.25) is 4.74 Å². The third-order valence-electron chi connectivity index (χ3n) is 2.93. The van der Waals surface area contributed by atoms with Crippen LogP contribution in [0.2, 0.25) is 0 Å². The summed E-state index contributed by atoms with van der Waals surface area (Å²) in [6.45, 7) is 0.447. The van der Waals surface area contributed by atoms with Crippen molar-refractivity contribution in [3.63, 3.8) is 0 Å². The Bertz CT molecular complexity index is 390. The number of ether oxygens (including phenoxy) is 1. The fourth-order valence-corrected chi connectivity index (χ4v) is 2.13. The molecule has 2 nitrogen and oxygen atoms in total. The van der Waals surface area contributed by atoms with Gasteiger partial charge in [0.05, 0.1) is 6.10 Å². The molecule has 1 aliphatic rings. The van der Waals surface area contributed by atoms with E-state index in [2.05, 4.69) is 10.1 Å². The minimum Gasteiger partial charge on any atom is -0.310 e. The Kier molecular flexibility index (Phi) is 3.87. The van der Waals surface area contributed by atoms with Crippen LogP contribution in [0.15, 0.2) is 24.3 Å². The van der Waals surface area contributed by atoms with Crippen molar-refractivity contribution in [1.82, 2.24) is 5.32 Å². The van der Waals surface area contributed by atoms with Gasteiger partial charge in [0.1, 0.15) is 5.82 Å². The van der Waals surface area contributed by atoms with Gasteiger partial charge in [0.2, 0.25) is 0 Å². The summed E-state index contributed by atoms with van der Waals surface area (Å²) in [6, 6.07) is 5.51. The van der Waals surface area contributed by atoms with Gasteiger partial charge >= 0.3 is 6.36 Å². The molecule has 1 aromatic rings. The van der Waals surface area contributed by atoms with E-state index in [4.69, 9.17) is 0 Å². The molecule has 18 heavy (non-hydrogen) atoms. The normalized spacial score (nSPS) is 25.1. The maximum atomic E-state index is 12.8. The lowest BCUT2D eigenvalue weighted by molar-refractivity contribution is -0.345. The highest BCUT2D eigenvalue weighted by molar-refractivity contribution is 5.20. The molecule has 6 heteroatoms. The van der Waals surface area contributed by atoms with E-state index in [0.29, 0.717) is 13.0 Å². The van der Waals surface area contributed by atoms with Crippen molar-refractivity contribution in [2.75, 3.05) is 6.54 Å².